The van der Waals surface area contributed by atoms with Gasteiger partial charge in [-0.25, -0.2) is 24.4 Å². The average Bonchev–Trinajstić information content (AvgIpc) is 3.46. The van der Waals surface area contributed by atoms with Crippen molar-refractivity contribution in [2.75, 3.05) is 5.73 Å². The van der Waals surface area contributed by atoms with Gasteiger partial charge in [0.1, 0.15) is 23.7 Å². The molecular formula is C26H26N8O2. The lowest BCUT2D eigenvalue weighted by Crippen LogP contribution is -2.37. The summed E-state index contributed by atoms with van der Waals surface area (Å²) >= 11 is 0. The second-order valence-corrected chi connectivity index (χ2v) is 9.28. The van der Waals surface area contributed by atoms with Gasteiger partial charge in [0.2, 0.25) is 0 Å². The normalized spacial score (nSPS) is 18.0. The highest BCUT2D eigenvalue weighted by atomic mass is 16.4. The first-order chi connectivity index (χ1) is 17.5. The third-order valence-corrected chi connectivity index (χ3v) is 6.91. The Morgan fingerprint density at radius 1 is 1.11 bits per heavy atom. The molecule has 6 rings (SSSR count). The number of nitrogens with two attached hydrogens (primary N) is 1. The smallest absolute Gasteiger partial charge is 0.404 e. The largest absolute Gasteiger partial charge is 0.465 e. The number of nitrogen functional groups attached to an aromatic ring is 1. The van der Waals surface area contributed by atoms with Gasteiger partial charge < -0.3 is 21.1 Å². The van der Waals surface area contributed by atoms with E-state index in [0.717, 1.165) is 65.6 Å². The van der Waals surface area contributed by atoms with Crippen molar-refractivity contribution < 1.29 is 9.90 Å². The number of fused-ring (bicyclic) bond motifs is 2. The predicted octanol–water partition coefficient (Wildman–Crippen LogP) is 4.29. The van der Waals surface area contributed by atoms with Crippen molar-refractivity contribution in [2.45, 2.75) is 44.2 Å². The van der Waals surface area contributed by atoms with E-state index >= 15 is 0 Å². The lowest BCUT2D eigenvalue weighted by atomic mass is 9.91. The van der Waals surface area contributed by atoms with Crippen molar-refractivity contribution in [3.8, 4) is 11.3 Å². The van der Waals surface area contributed by atoms with Crippen LogP contribution in [-0.4, -0.2) is 47.0 Å². The lowest BCUT2D eigenvalue weighted by molar-refractivity contribution is 0.182. The van der Waals surface area contributed by atoms with Crippen molar-refractivity contribution in [1.29, 1.82) is 0 Å². The minimum Gasteiger partial charge on any atom is -0.465 e. The first-order valence-corrected chi connectivity index (χ1v) is 12.1. The third-order valence-electron chi connectivity index (χ3n) is 6.91. The Morgan fingerprint density at radius 2 is 1.92 bits per heavy atom. The lowest BCUT2D eigenvalue weighted by Gasteiger charge is -2.28. The highest BCUT2D eigenvalue weighted by Gasteiger charge is 2.27. The highest BCUT2D eigenvalue weighted by Crippen LogP contribution is 2.36. The zero-order valence-electron chi connectivity index (χ0n) is 19.6. The molecule has 1 fully saturated rings. The van der Waals surface area contributed by atoms with Crippen molar-refractivity contribution in [3.63, 3.8) is 0 Å². The maximum absolute atomic E-state index is 11.0. The van der Waals surface area contributed by atoms with Gasteiger partial charge in [-0.3, -0.25) is 0 Å². The van der Waals surface area contributed by atoms with Crippen LogP contribution in [0.4, 0.5) is 10.6 Å². The van der Waals surface area contributed by atoms with Gasteiger partial charge in [0.05, 0.1) is 22.5 Å². The first-order valence-electron chi connectivity index (χ1n) is 12.1. The molecule has 36 heavy (non-hydrogen) atoms. The fraction of sp³-hybridized carbons (Fsp3) is 0.269. The summed E-state index contributed by atoms with van der Waals surface area (Å²) in [5, 5.41) is 17.3. The number of anilines is 1. The molecule has 1 aliphatic carbocycles. The number of amides is 1. The number of nitrogens with zero attached hydrogens (tertiary/aromatic N) is 5. The first kappa shape index (κ1) is 22.0. The quantitative estimate of drug-likeness (QED) is 0.292. The Hall–Kier alpha value is -4.47. The van der Waals surface area contributed by atoms with Gasteiger partial charge in [0.25, 0.3) is 0 Å². The maximum atomic E-state index is 11.0. The number of imidazole rings is 1. The number of carboxylic acid groups (broad SMARTS) is 1. The molecule has 10 nitrogen and oxygen atoms in total. The summed E-state index contributed by atoms with van der Waals surface area (Å²) < 4.78 is 1.94. The van der Waals surface area contributed by atoms with Crippen LogP contribution in [0.15, 0.2) is 54.9 Å². The Kier molecular flexibility index (Phi) is 5.48. The fourth-order valence-electron chi connectivity index (χ4n) is 5.17. The van der Waals surface area contributed by atoms with E-state index in [1.165, 1.54) is 11.9 Å². The second-order valence-electron chi connectivity index (χ2n) is 9.28. The Labute approximate surface area is 206 Å². The predicted molar refractivity (Wildman–Crippen MR) is 137 cm³/mol. The standard InChI is InChI=1S/C26H26N8O2/c27-24-22-23(16-6-11-19-20(13-16)32-21(31-19)12-15-4-2-1-3-5-15)33-34(25(22)29-14-28-24)18-9-7-17(8-10-18)30-26(35)36/h1-6,11,13-14,17-18,30H,7-10,12H2,(H,31,32)(H,35,36)(H2,27,28,29). The van der Waals surface area contributed by atoms with Crippen LogP contribution in [0.5, 0.6) is 0 Å². The average molecular weight is 483 g/mol. The summed E-state index contributed by atoms with van der Waals surface area (Å²) in [4.78, 5) is 28.0. The number of benzene rings is 2. The number of nitrogens with one attached hydrogen (secondary N) is 2. The molecule has 0 saturated heterocycles. The number of hydrogen-bond donors (Lipinski definition) is 4. The third kappa shape index (κ3) is 4.10. The van der Waals surface area contributed by atoms with Crippen LogP contribution in [0.25, 0.3) is 33.3 Å². The van der Waals surface area contributed by atoms with Gasteiger partial charge in [-0.2, -0.15) is 5.10 Å². The molecule has 0 atom stereocenters. The molecule has 1 amide bonds. The van der Waals surface area contributed by atoms with E-state index in [1.807, 2.05) is 41.1 Å². The van der Waals surface area contributed by atoms with Crippen LogP contribution < -0.4 is 11.1 Å². The molecule has 10 heteroatoms. The zero-order chi connectivity index (χ0) is 24.6. The van der Waals surface area contributed by atoms with E-state index in [2.05, 4.69) is 32.4 Å². The summed E-state index contributed by atoms with van der Waals surface area (Å²) in [6, 6.07) is 16.4. The van der Waals surface area contributed by atoms with E-state index in [-0.39, 0.29) is 12.1 Å². The Bertz CT molecular complexity index is 1550. The zero-order valence-corrected chi connectivity index (χ0v) is 19.6. The Morgan fingerprint density at radius 3 is 2.69 bits per heavy atom. The molecule has 0 spiro atoms. The van der Waals surface area contributed by atoms with Gasteiger partial charge in [0, 0.05) is 18.0 Å². The van der Waals surface area contributed by atoms with E-state index in [9.17, 15) is 4.79 Å². The van der Waals surface area contributed by atoms with Crippen molar-refractivity contribution in [3.05, 3.63) is 66.2 Å². The molecule has 5 N–H and O–H groups in total. The van der Waals surface area contributed by atoms with E-state index in [0.29, 0.717) is 11.5 Å². The monoisotopic (exact) mass is 482 g/mol. The number of aromatic amines is 1. The number of H-pyrrole nitrogens is 1. The molecule has 3 heterocycles. The number of carbonyl (C=O) groups is 1. The molecular weight excluding hydrogens is 456 g/mol. The minimum atomic E-state index is -0.980. The molecule has 5 aromatic rings. The highest BCUT2D eigenvalue weighted by molar-refractivity contribution is 5.99. The number of hydrogen-bond acceptors (Lipinski definition) is 6. The van der Waals surface area contributed by atoms with Gasteiger partial charge in [-0.05, 0) is 43.4 Å². The summed E-state index contributed by atoms with van der Waals surface area (Å²) in [6.45, 7) is 0. The summed E-state index contributed by atoms with van der Waals surface area (Å²) in [6.07, 6.45) is 4.30. The van der Waals surface area contributed by atoms with Crippen molar-refractivity contribution in [2.24, 2.45) is 0 Å². The van der Waals surface area contributed by atoms with Gasteiger partial charge in [0.15, 0.2) is 5.65 Å². The van der Waals surface area contributed by atoms with Crippen LogP contribution in [-0.2, 0) is 6.42 Å². The molecule has 0 radical (unpaired) electrons. The van der Waals surface area contributed by atoms with E-state index in [1.54, 1.807) is 0 Å². The van der Waals surface area contributed by atoms with Crippen LogP contribution >= 0.6 is 0 Å². The number of rotatable bonds is 5. The van der Waals surface area contributed by atoms with E-state index in [4.69, 9.17) is 20.9 Å². The molecule has 0 aliphatic heterocycles. The molecule has 1 aliphatic rings. The van der Waals surface area contributed by atoms with Gasteiger partial charge in [-0.1, -0.05) is 36.4 Å². The van der Waals surface area contributed by atoms with Gasteiger partial charge >= 0.3 is 6.09 Å². The summed E-state index contributed by atoms with van der Waals surface area (Å²) in [7, 11) is 0. The second kappa shape index (κ2) is 8.95. The van der Waals surface area contributed by atoms with Crippen LogP contribution in [0.2, 0.25) is 0 Å². The summed E-state index contributed by atoms with van der Waals surface area (Å²) in [5.41, 5.74) is 11.6. The van der Waals surface area contributed by atoms with Crippen molar-refractivity contribution in [1.82, 2.24) is 35.0 Å². The van der Waals surface area contributed by atoms with Gasteiger partial charge in [-0.15, -0.1) is 0 Å². The Balaban J connectivity index is 1.35. The maximum Gasteiger partial charge on any atom is 0.404 e. The summed E-state index contributed by atoms with van der Waals surface area (Å²) in [5.74, 6) is 1.28. The molecule has 1 saturated carbocycles. The molecule has 3 aromatic heterocycles. The van der Waals surface area contributed by atoms with E-state index < -0.39 is 6.09 Å². The van der Waals surface area contributed by atoms with Crippen molar-refractivity contribution >= 4 is 34.0 Å². The van der Waals surface area contributed by atoms with Crippen LogP contribution in [0.1, 0.15) is 43.1 Å². The molecule has 182 valence electrons. The number of aromatic nitrogens is 6. The van der Waals surface area contributed by atoms with Crippen LogP contribution in [0.3, 0.4) is 0 Å². The molecule has 0 bridgehead atoms. The molecule has 0 unspecified atom stereocenters. The molecule has 2 aromatic carbocycles. The fourth-order valence-corrected chi connectivity index (χ4v) is 5.17. The SMILES string of the molecule is Nc1ncnc2c1c(-c1ccc3[nH]c(Cc4ccccc4)nc3c1)nn2C1CCC(NC(=O)O)CC1. The topological polar surface area (TPSA) is 148 Å². The van der Waals surface area contributed by atoms with Crippen LogP contribution in [0, 0.1) is 0 Å². The minimum absolute atomic E-state index is 0.0353.